The van der Waals surface area contributed by atoms with Crippen molar-refractivity contribution in [3.63, 3.8) is 0 Å². The Bertz CT molecular complexity index is 883. The molecule has 0 aliphatic heterocycles. The monoisotopic (exact) mass is 405 g/mol. The number of aromatic nitrogens is 1. The molecule has 5 nitrogen and oxygen atoms in total. The van der Waals surface area contributed by atoms with Crippen LogP contribution in [0, 0.1) is 6.92 Å². The van der Waals surface area contributed by atoms with Crippen LogP contribution in [0.4, 0.5) is 0 Å². The molecule has 26 heavy (non-hydrogen) atoms. The van der Waals surface area contributed by atoms with Gasteiger partial charge in [0.25, 0.3) is 5.91 Å². The Morgan fingerprint density at radius 2 is 2.08 bits per heavy atom. The van der Waals surface area contributed by atoms with Crippen molar-refractivity contribution < 1.29 is 9.59 Å². The zero-order valence-electron chi connectivity index (χ0n) is 14.5. The lowest BCUT2D eigenvalue weighted by Gasteiger charge is -2.15. The van der Waals surface area contributed by atoms with E-state index in [9.17, 15) is 9.59 Å². The Kier molecular flexibility index (Phi) is 6.18. The lowest BCUT2D eigenvalue weighted by atomic mass is 10.3. The van der Waals surface area contributed by atoms with Gasteiger partial charge in [0.2, 0.25) is 5.91 Å². The van der Waals surface area contributed by atoms with Crippen molar-refractivity contribution in [1.82, 2.24) is 15.2 Å². The fourth-order valence-electron chi connectivity index (χ4n) is 2.38. The van der Waals surface area contributed by atoms with E-state index >= 15 is 0 Å². The molecule has 0 saturated heterocycles. The molecule has 3 aromatic heterocycles. The van der Waals surface area contributed by atoms with Gasteiger partial charge < -0.3 is 10.2 Å². The molecule has 0 aromatic carbocycles. The van der Waals surface area contributed by atoms with Crippen molar-refractivity contribution in [2.45, 2.75) is 13.3 Å². The zero-order valence-corrected chi connectivity index (χ0v) is 17.0. The summed E-state index contributed by atoms with van der Waals surface area (Å²) in [6.45, 7) is 2.61. The number of aryl methyl sites for hydroxylation is 1. The third-order valence-electron chi connectivity index (χ3n) is 3.69. The van der Waals surface area contributed by atoms with E-state index < -0.39 is 0 Å². The summed E-state index contributed by atoms with van der Waals surface area (Å²) >= 11 is 4.72. The molecule has 0 bridgehead atoms. The van der Waals surface area contributed by atoms with Gasteiger partial charge in [-0.15, -0.1) is 34.0 Å². The van der Waals surface area contributed by atoms with Gasteiger partial charge in [-0.05, 0) is 36.9 Å². The molecule has 136 valence electrons. The molecule has 8 heteroatoms. The van der Waals surface area contributed by atoms with E-state index in [-0.39, 0.29) is 18.4 Å². The second-order valence-electron chi connectivity index (χ2n) is 5.76. The Labute approximate surface area is 164 Å². The largest absolute Gasteiger partial charge is 0.354 e. The fourth-order valence-corrected chi connectivity index (χ4v) is 4.76. The van der Waals surface area contributed by atoms with E-state index in [1.54, 1.807) is 35.8 Å². The number of likely N-dealkylation sites (N-methyl/N-ethyl adjacent to an activating group) is 1. The minimum atomic E-state index is -0.149. The van der Waals surface area contributed by atoms with E-state index in [0.29, 0.717) is 11.4 Å². The van der Waals surface area contributed by atoms with Crippen LogP contribution in [0.5, 0.6) is 0 Å². The quantitative estimate of drug-likeness (QED) is 0.652. The second-order valence-corrected chi connectivity index (χ2v) is 8.93. The maximum Gasteiger partial charge on any atom is 0.264 e. The van der Waals surface area contributed by atoms with Crippen LogP contribution in [0.1, 0.15) is 19.6 Å². The molecule has 3 heterocycles. The molecule has 0 radical (unpaired) electrons. The fraction of sp³-hybridized carbons (Fsp3) is 0.278. The highest BCUT2D eigenvalue weighted by atomic mass is 32.1. The van der Waals surface area contributed by atoms with Crippen LogP contribution in [-0.2, 0) is 11.2 Å². The van der Waals surface area contributed by atoms with Crippen LogP contribution in [0.2, 0.25) is 0 Å². The summed E-state index contributed by atoms with van der Waals surface area (Å²) in [4.78, 5) is 33.1. The molecular formula is C18H19N3O2S3. The number of thiophene rings is 2. The molecule has 0 saturated carbocycles. The van der Waals surface area contributed by atoms with Crippen molar-refractivity contribution in [1.29, 1.82) is 0 Å². The number of carbonyl (C=O) groups excluding carboxylic acids is 2. The average Bonchev–Trinajstić information content (AvgIpc) is 3.35. The van der Waals surface area contributed by atoms with E-state index in [0.717, 1.165) is 22.0 Å². The van der Waals surface area contributed by atoms with Crippen LogP contribution < -0.4 is 5.32 Å². The number of hydrogen-bond donors (Lipinski definition) is 1. The number of amides is 2. The molecular weight excluding hydrogens is 386 g/mol. The number of hydrogen-bond acceptors (Lipinski definition) is 6. The third kappa shape index (κ3) is 4.78. The first-order valence-electron chi connectivity index (χ1n) is 8.10. The normalized spacial score (nSPS) is 10.7. The molecule has 0 fully saturated rings. The Balaban J connectivity index is 1.44. The highest BCUT2D eigenvalue weighted by Gasteiger charge is 2.15. The van der Waals surface area contributed by atoms with Gasteiger partial charge in [-0.1, -0.05) is 6.07 Å². The molecule has 0 unspecified atom stereocenters. The van der Waals surface area contributed by atoms with Crippen molar-refractivity contribution in [2.75, 3.05) is 20.1 Å². The summed E-state index contributed by atoms with van der Waals surface area (Å²) in [5, 5.41) is 7.85. The smallest absolute Gasteiger partial charge is 0.264 e. The topological polar surface area (TPSA) is 62.3 Å². The first-order chi connectivity index (χ1) is 12.5. The van der Waals surface area contributed by atoms with Gasteiger partial charge in [-0.3, -0.25) is 9.59 Å². The first kappa shape index (κ1) is 18.8. The summed E-state index contributed by atoms with van der Waals surface area (Å²) in [6.07, 6.45) is 0.766. The third-order valence-corrected chi connectivity index (χ3v) is 6.49. The Morgan fingerprint density at radius 3 is 2.77 bits per heavy atom. The summed E-state index contributed by atoms with van der Waals surface area (Å²) in [5.41, 5.74) is 1.02. The molecule has 0 aliphatic rings. The van der Waals surface area contributed by atoms with Gasteiger partial charge in [0.05, 0.1) is 27.0 Å². The number of rotatable bonds is 7. The van der Waals surface area contributed by atoms with E-state index in [2.05, 4.69) is 27.8 Å². The van der Waals surface area contributed by atoms with Gasteiger partial charge in [0, 0.05) is 23.8 Å². The van der Waals surface area contributed by atoms with Gasteiger partial charge >= 0.3 is 0 Å². The Hall–Kier alpha value is -2.03. The molecule has 2 amide bonds. The molecule has 3 aromatic rings. The highest BCUT2D eigenvalue weighted by molar-refractivity contribution is 7.16. The summed E-state index contributed by atoms with van der Waals surface area (Å²) < 4.78 is 0. The lowest BCUT2D eigenvalue weighted by molar-refractivity contribution is -0.121. The zero-order chi connectivity index (χ0) is 18.5. The van der Waals surface area contributed by atoms with Crippen molar-refractivity contribution in [3.8, 4) is 10.6 Å². The predicted molar refractivity (Wildman–Crippen MR) is 108 cm³/mol. The maximum absolute atomic E-state index is 12.1. The van der Waals surface area contributed by atoms with E-state index in [1.165, 1.54) is 21.1 Å². The highest BCUT2D eigenvalue weighted by Crippen LogP contribution is 2.29. The van der Waals surface area contributed by atoms with Crippen LogP contribution >= 0.6 is 34.0 Å². The van der Waals surface area contributed by atoms with Crippen molar-refractivity contribution >= 4 is 45.8 Å². The molecule has 0 spiro atoms. The van der Waals surface area contributed by atoms with Gasteiger partial charge in [0.15, 0.2) is 0 Å². The summed E-state index contributed by atoms with van der Waals surface area (Å²) in [6, 6.07) is 7.74. The van der Waals surface area contributed by atoms with Crippen LogP contribution in [0.15, 0.2) is 35.0 Å². The predicted octanol–water partition coefficient (Wildman–Crippen LogP) is 3.67. The van der Waals surface area contributed by atoms with Gasteiger partial charge in [0.1, 0.15) is 0 Å². The summed E-state index contributed by atoms with van der Waals surface area (Å²) in [7, 11) is 1.64. The molecule has 0 atom stereocenters. The van der Waals surface area contributed by atoms with Crippen LogP contribution in [0.25, 0.3) is 10.6 Å². The van der Waals surface area contributed by atoms with Crippen LogP contribution in [0.3, 0.4) is 0 Å². The number of carbonyl (C=O) groups is 2. The van der Waals surface area contributed by atoms with Crippen molar-refractivity contribution in [2.24, 2.45) is 0 Å². The van der Waals surface area contributed by atoms with E-state index in [4.69, 9.17) is 0 Å². The minimum absolute atomic E-state index is 0.0600. The van der Waals surface area contributed by atoms with Crippen LogP contribution in [-0.4, -0.2) is 41.8 Å². The lowest BCUT2D eigenvalue weighted by Crippen LogP contribution is -2.38. The van der Waals surface area contributed by atoms with E-state index in [1.807, 2.05) is 18.4 Å². The molecule has 1 N–H and O–H groups in total. The SMILES string of the molecule is Cc1nc(-c2ccc(CCNC(=O)CN(C)C(=O)c3cccs3)s2)cs1. The van der Waals surface area contributed by atoms with Gasteiger partial charge in [-0.25, -0.2) is 4.98 Å². The second kappa shape index (κ2) is 8.57. The van der Waals surface area contributed by atoms with Gasteiger partial charge in [-0.2, -0.15) is 0 Å². The maximum atomic E-state index is 12.1. The minimum Gasteiger partial charge on any atom is -0.354 e. The standard InChI is InChI=1S/C18H19N3O2S3/c1-12-20-14(11-25-12)15-6-5-13(26-15)7-8-19-17(22)10-21(2)18(23)16-4-3-9-24-16/h3-6,9,11H,7-8,10H2,1-2H3,(H,19,22). The number of nitrogens with one attached hydrogen (secondary N) is 1. The number of nitrogens with zero attached hydrogens (tertiary/aromatic N) is 2. The Morgan fingerprint density at radius 1 is 1.23 bits per heavy atom. The summed E-state index contributed by atoms with van der Waals surface area (Å²) in [5.74, 6) is -0.277. The molecule has 3 rings (SSSR count). The molecule has 0 aliphatic carbocycles. The average molecular weight is 406 g/mol. The number of thiazole rings is 1. The first-order valence-corrected chi connectivity index (χ1v) is 10.7. The van der Waals surface area contributed by atoms with Crippen molar-refractivity contribution in [3.05, 3.63) is 49.8 Å².